The van der Waals surface area contributed by atoms with Crippen LogP contribution in [0.5, 0.6) is 0 Å². The fourth-order valence-electron chi connectivity index (χ4n) is 4.17. The molecule has 0 bridgehead atoms. The van der Waals surface area contributed by atoms with Crippen molar-refractivity contribution in [1.82, 2.24) is 9.88 Å². The average molecular weight is 414 g/mol. The van der Waals surface area contributed by atoms with E-state index in [1.54, 1.807) is 12.1 Å². The number of nitrogens with zero attached hydrogens (tertiary/aromatic N) is 1. The Morgan fingerprint density at radius 3 is 2.86 bits per heavy atom. The van der Waals surface area contributed by atoms with Gasteiger partial charge in [-0.15, -0.1) is 0 Å². The summed E-state index contributed by atoms with van der Waals surface area (Å²) in [5, 5.41) is 4.73. The minimum Gasteiger partial charge on any atom is -0.398 e. The number of anilines is 1. The fraction of sp³-hybridized carbons (Fsp3) is 0.348. The van der Waals surface area contributed by atoms with Crippen LogP contribution in [0.15, 0.2) is 36.4 Å². The number of hydrogen-bond donors (Lipinski definition) is 2. The molecule has 2 aromatic carbocycles. The van der Waals surface area contributed by atoms with Crippen molar-refractivity contribution in [2.75, 3.05) is 5.73 Å². The number of hydrogen-bond acceptors (Lipinski definition) is 2. The van der Waals surface area contributed by atoms with Gasteiger partial charge in [-0.05, 0) is 54.7 Å². The van der Waals surface area contributed by atoms with Gasteiger partial charge in [0.05, 0.1) is 16.2 Å². The Bertz CT molecular complexity index is 1090. The molecular weight excluding hydrogens is 389 g/mol. The predicted octanol–water partition coefficient (Wildman–Crippen LogP) is 4.69. The molecule has 0 saturated heterocycles. The van der Waals surface area contributed by atoms with E-state index in [4.69, 9.17) is 17.3 Å². The van der Waals surface area contributed by atoms with E-state index < -0.39 is 0 Å². The van der Waals surface area contributed by atoms with Gasteiger partial charge in [-0.2, -0.15) is 0 Å². The molecule has 0 fully saturated rings. The number of carbonyl (C=O) groups excluding carboxylic acids is 1. The maximum atomic E-state index is 13.7. The molecule has 0 spiro atoms. The van der Waals surface area contributed by atoms with Crippen molar-refractivity contribution < 1.29 is 9.18 Å². The number of halogens is 2. The topological polar surface area (TPSA) is 60.1 Å². The molecular formula is C23H25ClFN3O. The third-order valence-corrected chi connectivity index (χ3v) is 6.01. The smallest absolute Gasteiger partial charge is 0.222 e. The molecule has 152 valence electrons. The zero-order valence-corrected chi connectivity index (χ0v) is 17.4. The molecule has 1 heterocycles. The van der Waals surface area contributed by atoms with Crippen molar-refractivity contribution in [1.29, 1.82) is 0 Å². The number of rotatable bonds is 4. The summed E-state index contributed by atoms with van der Waals surface area (Å²) in [6.45, 7) is 4.36. The van der Waals surface area contributed by atoms with Crippen LogP contribution < -0.4 is 11.1 Å². The van der Waals surface area contributed by atoms with Gasteiger partial charge < -0.3 is 15.6 Å². The Balaban J connectivity index is 1.77. The standard InChI is InChI=1S/C23H25ClFN3O/c1-13(2)23(29)27-16-6-7-21-17(9-16)18-10-20(26)19(24)11-22(18)28(21)12-14-4-3-5-15(25)8-14/h3-5,8,10-11,13,16H,6-7,9,12,26H2,1-2H3,(H,27,29). The monoisotopic (exact) mass is 413 g/mol. The van der Waals surface area contributed by atoms with Crippen LogP contribution in [0, 0.1) is 11.7 Å². The number of fused-ring (bicyclic) bond motifs is 3. The van der Waals surface area contributed by atoms with E-state index in [9.17, 15) is 9.18 Å². The fourth-order valence-corrected chi connectivity index (χ4v) is 4.33. The predicted molar refractivity (Wildman–Crippen MR) is 116 cm³/mol. The molecule has 4 rings (SSSR count). The highest BCUT2D eigenvalue weighted by Gasteiger charge is 2.27. The van der Waals surface area contributed by atoms with Gasteiger partial charge in [0.1, 0.15) is 5.82 Å². The third kappa shape index (κ3) is 3.84. The van der Waals surface area contributed by atoms with E-state index in [-0.39, 0.29) is 23.7 Å². The second-order valence-corrected chi connectivity index (χ2v) is 8.54. The number of nitrogens with two attached hydrogens (primary N) is 1. The largest absolute Gasteiger partial charge is 0.398 e. The highest BCUT2D eigenvalue weighted by molar-refractivity contribution is 6.34. The van der Waals surface area contributed by atoms with Gasteiger partial charge in [0, 0.05) is 29.6 Å². The normalized spacial score (nSPS) is 16.2. The van der Waals surface area contributed by atoms with Crippen LogP contribution in [0.3, 0.4) is 0 Å². The molecule has 1 unspecified atom stereocenters. The first kappa shape index (κ1) is 19.8. The summed E-state index contributed by atoms with van der Waals surface area (Å²) in [6.07, 6.45) is 2.45. The van der Waals surface area contributed by atoms with E-state index >= 15 is 0 Å². The van der Waals surface area contributed by atoms with Gasteiger partial charge in [0.25, 0.3) is 0 Å². The molecule has 0 aliphatic heterocycles. The van der Waals surface area contributed by atoms with Crippen LogP contribution in [0.1, 0.15) is 37.1 Å². The molecule has 1 atom stereocenters. The first-order chi connectivity index (χ1) is 13.8. The van der Waals surface area contributed by atoms with Gasteiger partial charge in [0.2, 0.25) is 5.91 Å². The molecule has 0 saturated carbocycles. The van der Waals surface area contributed by atoms with Crippen LogP contribution in [-0.4, -0.2) is 16.5 Å². The molecule has 3 N–H and O–H groups in total. The van der Waals surface area contributed by atoms with Gasteiger partial charge in [-0.1, -0.05) is 37.6 Å². The quantitative estimate of drug-likeness (QED) is 0.609. The minimum atomic E-state index is -0.244. The molecule has 6 heteroatoms. The Morgan fingerprint density at radius 2 is 2.14 bits per heavy atom. The number of carbonyl (C=O) groups is 1. The van der Waals surface area contributed by atoms with E-state index in [0.29, 0.717) is 17.3 Å². The first-order valence-electron chi connectivity index (χ1n) is 9.97. The molecule has 3 aromatic rings. The highest BCUT2D eigenvalue weighted by atomic mass is 35.5. The van der Waals surface area contributed by atoms with Gasteiger partial charge in [-0.3, -0.25) is 4.79 Å². The second kappa shape index (κ2) is 7.71. The number of nitrogen functional groups attached to an aromatic ring is 1. The molecule has 4 nitrogen and oxygen atoms in total. The number of benzene rings is 2. The summed E-state index contributed by atoms with van der Waals surface area (Å²) in [5.74, 6) is -0.212. The van der Waals surface area contributed by atoms with Crippen molar-refractivity contribution >= 4 is 34.1 Å². The van der Waals surface area contributed by atoms with Gasteiger partial charge >= 0.3 is 0 Å². The third-order valence-electron chi connectivity index (χ3n) is 5.69. The van der Waals surface area contributed by atoms with Crippen molar-refractivity contribution in [3.05, 3.63) is 64.1 Å². The first-order valence-corrected chi connectivity index (χ1v) is 10.3. The van der Waals surface area contributed by atoms with Gasteiger partial charge in [0.15, 0.2) is 0 Å². The van der Waals surface area contributed by atoms with Gasteiger partial charge in [-0.25, -0.2) is 4.39 Å². The van der Waals surface area contributed by atoms with Crippen molar-refractivity contribution in [2.45, 2.75) is 45.7 Å². The summed E-state index contributed by atoms with van der Waals surface area (Å²) < 4.78 is 15.9. The van der Waals surface area contributed by atoms with E-state index in [1.165, 1.54) is 17.3 Å². The summed E-state index contributed by atoms with van der Waals surface area (Å²) >= 11 is 6.33. The summed E-state index contributed by atoms with van der Waals surface area (Å²) in [7, 11) is 0. The zero-order valence-electron chi connectivity index (χ0n) is 16.6. The van der Waals surface area contributed by atoms with E-state index in [2.05, 4.69) is 9.88 Å². The lowest BCUT2D eigenvalue weighted by Gasteiger charge is -2.26. The highest BCUT2D eigenvalue weighted by Crippen LogP contribution is 2.36. The molecule has 1 aliphatic carbocycles. The lowest BCUT2D eigenvalue weighted by atomic mass is 9.91. The van der Waals surface area contributed by atoms with Crippen molar-refractivity contribution in [3.63, 3.8) is 0 Å². The summed E-state index contributed by atoms with van der Waals surface area (Å²) in [6, 6.07) is 10.6. The Kier molecular flexibility index (Phi) is 5.26. The van der Waals surface area contributed by atoms with Crippen LogP contribution in [-0.2, 0) is 24.2 Å². The number of aromatic nitrogens is 1. The maximum absolute atomic E-state index is 13.7. The Labute approximate surface area is 174 Å². The second-order valence-electron chi connectivity index (χ2n) is 8.14. The molecule has 1 amide bonds. The molecule has 1 aliphatic rings. The zero-order chi connectivity index (χ0) is 20.7. The minimum absolute atomic E-state index is 0.0415. The molecule has 0 radical (unpaired) electrons. The molecule has 1 aromatic heterocycles. The molecule has 29 heavy (non-hydrogen) atoms. The number of amides is 1. The Morgan fingerprint density at radius 1 is 1.34 bits per heavy atom. The average Bonchev–Trinajstić information content (AvgIpc) is 2.95. The van der Waals surface area contributed by atoms with Crippen LogP contribution in [0.4, 0.5) is 10.1 Å². The Hall–Kier alpha value is -2.53. The maximum Gasteiger partial charge on any atom is 0.222 e. The van der Waals surface area contributed by atoms with Crippen molar-refractivity contribution in [2.24, 2.45) is 5.92 Å². The van der Waals surface area contributed by atoms with Crippen molar-refractivity contribution in [3.8, 4) is 0 Å². The van der Waals surface area contributed by atoms with Crippen LogP contribution >= 0.6 is 11.6 Å². The number of nitrogens with one attached hydrogen (secondary N) is 1. The van der Waals surface area contributed by atoms with Crippen LogP contribution in [0.2, 0.25) is 5.02 Å². The summed E-state index contributed by atoms with van der Waals surface area (Å²) in [5.41, 5.74) is 10.9. The van der Waals surface area contributed by atoms with Crippen LogP contribution in [0.25, 0.3) is 10.9 Å². The lowest BCUT2D eigenvalue weighted by molar-refractivity contribution is -0.124. The lowest BCUT2D eigenvalue weighted by Crippen LogP contribution is -2.41. The van der Waals surface area contributed by atoms with E-state index in [0.717, 1.165) is 35.7 Å². The SMILES string of the molecule is CC(C)C(=O)NC1CCc2c(c3cc(N)c(Cl)cc3n2Cc2cccc(F)c2)C1. The summed E-state index contributed by atoms with van der Waals surface area (Å²) in [4.78, 5) is 12.2. The van der Waals surface area contributed by atoms with E-state index in [1.807, 2.05) is 32.0 Å².